The van der Waals surface area contributed by atoms with Crippen molar-refractivity contribution in [1.82, 2.24) is 9.88 Å². The molecular weight excluding hydrogens is 266 g/mol. The lowest BCUT2D eigenvalue weighted by molar-refractivity contribution is 0.0608. The lowest BCUT2D eigenvalue weighted by Gasteiger charge is -2.28. The minimum Gasteiger partial charge on any atom is -0.383 e. The molecule has 2 N–H and O–H groups in total. The maximum absolute atomic E-state index is 12.7. The smallest absolute Gasteiger partial charge is 0.274 e. The van der Waals surface area contributed by atoms with Crippen LogP contribution in [0.5, 0.6) is 0 Å². The number of carbonyl (C=O) groups is 1. The number of pyridine rings is 1. The van der Waals surface area contributed by atoms with Gasteiger partial charge in [0.1, 0.15) is 5.69 Å². The third-order valence-electron chi connectivity index (χ3n) is 3.26. The molecule has 0 bridgehead atoms. The van der Waals surface area contributed by atoms with E-state index < -0.39 is 0 Å². The molecule has 5 heteroatoms. The first-order valence-corrected chi connectivity index (χ1v) is 7.09. The highest BCUT2D eigenvalue weighted by molar-refractivity contribution is 5.95. The summed E-state index contributed by atoms with van der Waals surface area (Å²) in [5, 5.41) is 0. The number of amides is 1. The Morgan fingerprint density at radius 2 is 2.33 bits per heavy atom. The Labute approximate surface area is 126 Å². The van der Waals surface area contributed by atoms with Crippen LogP contribution in [0.25, 0.3) is 0 Å². The van der Waals surface area contributed by atoms with Gasteiger partial charge in [-0.3, -0.25) is 4.79 Å². The Bertz CT molecular complexity index is 520. The standard InChI is InChI=1S/C16H23N3O2/c1-4-13(2)19(11-12-21-3)16(20)15-14(7-5-9-17)8-6-10-18-15/h6,8,10,13H,4,9,11-12,17H2,1-3H3. The zero-order chi connectivity index (χ0) is 15.7. The van der Waals surface area contributed by atoms with Gasteiger partial charge in [-0.15, -0.1) is 0 Å². The molecule has 1 aromatic rings. The van der Waals surface area contributed by atoms with Gasteiger partial charge in [-0.25, -0.2) is 4.98 Å². The van der Waals surface area contributed by atoms with Crippen molar-refractivity contribution in [1.29, 1.82) is 0 Å². The second kappa shape index (κ2) is 9.11. The van der Waals surface area contributed by atoms with Gasteiger partial charge in [0.2, 0.25) is 0 Å². The highest BCUT2D eigenvalue weighted by atomic mass is 16.5. The lowest BCUT2D eigenvalue weighted by atomic mass is 10.1. The molecule has 0 fully saturated rings. The van der Waals surface area contributed by atoms with Crippen LogP contribution in [0.15, 0.2) is 18.3 Å². The van der Waals surface area contributed by atoms with Crippen molar-refractivity contribution < 1.29 is 9.53 Å². The van der Waals surface area contributed by atoms with E-state index in [1.165, 1.54) is 0 Å². The summed E-state index contributed by atoms with van der Waals surface area (Å²) < 4.78 is 5.09. The van der Waals surface area contributed by atoms with Gasteiger partial charge in [-0.1, -0.05) is 18.8 Å². The van der Waals surface area contributed by atoms with E-state index in [9.17, 15) is 4.79 Å². The number of hydrogen-bond acceptors (Lipinski definition) is 4. The van der Waals surface area contributed by atoms with Gasteiger partial charge < -0.3 is 15.4 Å². The Morgan fingerprint density at radius 3 is 2.95 bits per heavy atom. The van der Waals surface area contributed by atoms with Crippen LogP contribution in [0.2, 0.25) is 0 Å². The average Bonchev–Trinajstić information content (AvgIpc) is 2.52. The first kappa shape index (κ1) is 17.2. The molecule has 0 saturated heterocycles. The lowest BCUT2D eigenvalue weighted by Crippen LogP contribution is -2.41. The zero-order valence-electron chi connectivity index (χ0n) is 12.9. The van der Waals surface area contributed by atoms with Gasteiger partial charge in [-0.05, 0) is 25.5 Å². The summed E-state index contributed by atoms with van der Waals surface area (Å²) in [5.74, 6) is 5.55. The molecule has 0 aliphatic heterocycles. The summed E-state index contributed by atoms with van der Waals surface area (Å²) in [5.41, 5.74) is 6.37. The molecule has 1 heterocycles. The van der Waals surface area contributed by atoms with E-state index >= 15 is 0 Å². The van der Waals surface area contributed by atoms with Crippen LogP contribution in [-0.4, -0.2) is 48.6 Å². The summed E-state index contributed by atoms with van der Waals surface area (Å²) in [6.45, 7) is 5.34. The largest absolute Gasteiger partial charge is 0.383 e. The molecule has 1 rings (SSSR count). The number of nitrogens with zero attached hydrogens (tertiary/aromatic N) is 2. The highest BCUT2D eigenvalue weighted by Crippen LogP contribution is 2.12. The Balaban J connectivity index is 3.08. The Kier molecular flexibility index (Phi) is 7.44. The van der Waals surface area contributed by atoms with E-state index in [0.29, 0.717) is 24.4 Å². The molecule has 5 nitrogen and oxygen atoms in total. The third kappa shape index (κ3) is 4.85. The predicted octanol–water partition coefficient (Wildman–Crippen LogP) is 1.28. The maximum Gasteiger partial charge on any atom is 0.274 e. The van der Waals surface area contributed by atoms with Crippen LogP contribution in [-0.2, 0) is 4.74 Å². The van der Waals surface area contributed by atoms with Gasteiger partial charge in [0.05, 0.1) is 18.7 Å². The molecule has 0 radical (unpaired) electrons. The van der Waals surface area contributed by atoms with Crippen LogP contribution < -0.4 is 5.73 Å². The molecule has 1 atom stereocenters. The predicted molar refractivity (Wildman–Crippen MR) is 82.8 cm³/mol. The minimum atomic E-state index is -0.122. The molecular formula is C16H23N3O2. The van der Waals surface area contributed by atoms with Crippen LogP contribution in [0.3, 0.4) is 0 Å². The molecule has 0 aromatic carbocycles. The molecule has 21 heavy (non-hydrogen) atoms. The summed E-state index contributed by atoms with van der Waals surface area (Å²) in [7, 11) is 1.62. The van der Waals surface area contributed by atoms with E-state index in [4.69, 9.17) is 10.5 Å². The number of rotatable bonds is 6. The Morgan fingerprint density at radius 1 is 1.57 bits per heavy atom. The normalized spacial score (nSPS) is 11.4. The number of aromatic nitrogens is 1. The second-order valence-corrected chi connectivity index (χ2v) is 4.65. The summed E-state index contributed by atoms with van der Waals surface area (Å²) >= 11 is 0. The summed E-state index contributed by atoms with van der Waals surface area (Å²) in [4.78, 5) is 18.7. The molecule has 0 aliphatic rings. The van der Waals surface area contributed by atoms with Gasteiger partial charge >= 0.3 is 0 Å². The van der Waals surface area contributed by atoms with Crippen molar-refractivity contribution in [2.45, 2.75) is 26.3 Å². The fraction of sp³-hybridized carbons (Fsp3) is 0.500. The van der Waals surface area contributed by atoms with Gasteiger partial charge in [-0.2, -0.15) is 0 Å². The molecule has 0 aliphatic carbocycles. The topological polar surface area (TPSA) is 68.5 Å². The second-order valence-electron chi connectivity index (χ2n) is 4.65. The van der Waals surface area contributed by atoms with Crippen LogP contribution in [0.4, 0.5) is 0 Å². The average molecular weight is 289 g/mol. The number of methoxy groups -OCH3 is 1. The van der Waals surface area contributed by atoms with Crippen LogP contribution in [0, 0.1) is 11.8 Å². The molecule has 0 saturated carbocycles. The first-order chi connectivity index (χ1) is 10.2. The number of carbonyl (C=O) groups excluding carboxylic acids is 1. The fourth-order valence-electron chi connectivity index (χ4n) is 1.89. The van der Waals surface area contributed by atoms with E-state index in [-0.39, 0.29) is 18.5 Å². The molecule has 0 spiro atoms. The van der Waals surface area contributed by atoms with E-state index in [1.807, 2.05) is 13.8 Å². The van der Waals surface area contributed by atoms with Gasteiger partial charge in [0.25, 0.3) is 5.91 Å². The molecule has 114 valence electrons. The molecule has 1 aromatic heterocycles. The number of nitrogens with two attached hydrogens (primary N) is 1. The van der Waals surface area contributed by atoms with E-state index in [1.54, 1.807) is 30.3 Å². The van der Waals surface area contributed by atoms with Crippen molar-refractivity contribution in [3.05, 3.63) is 29.6 Å². The summed E-state index contributed by atoms with van der Waals surface area (Å²) in [6, 6.07) is 3.67. The first-order valence-electron chi connectivity index (χ1n) is 7.09. The van der Waals surface area contributed by atoms with E-state index in [0.717, 1.165) is 6.42 Å². The quantitative estimate of drug-likeness (QED) is 0.801. The van der Waals surface area contributed by atoms with E-state index in [2.05, 4.69) is 16.8 Å². The van der Waals surface area contributed by atoms with Crippen molar-refractivity contribution in [2.75, 3.05) is 26.8 Å². The van der Waals surface area contributed by atoms with Gasteiger partial charge in [0.15, 0.2) is 0 Å². The third-order valence-corrected chi connectivity index (χ3v) is 3.26. The van der Waals surface area contributed by atoms with Crippen molar-refractivity contribution >= 4 is 5.91 Å². The number of ether oxygens (including phenoxy) is 1. The van der Waals surface area contributed by atoms with Crippen molar-refractivity contribution in [3.8, 4) is 11.8 Å². The maximum atomic E-state index is 12.7. The molecule has 1 amide bonds. The highest BCUT2D eigenvalue weighted by Gasteiger charge is 2.23. The molecule has 1 unspecified atom stereocenters. The van der Waals surface area contributed by atoms with Crippen LogP contribution in [0.1, 0.15) is 36.3 Å². The van der Waals surface area contributed by atoms with Crippen molar-refractivity contribution in [2.24, 2.45) is 5.73 Å². The number of hydrogen-bond donors (Lipinski definition) is 1. The fourth-order valence-corrected chi connectivity index (χ4v) is 1.89. The monoisotopic (exact) mass is 289 g/mol. The van der Waals surface area contributed by atoms with Crippen LogP contribution >= 0.6 is 0 Å². The summed E-state index contributed by atoms with van der Waals surface area (Å²) in [6.07, 6.45) is 2.47. The zero-order valence-corrected chi connectivity index (χ0v) is 12.9. The Hall–Kier alpha value is -1.90. The van der Waals surface area contributed by atoms with Crippen molar-refractivity contribution in [3.63, 3.8) is 0 Å². The van der Waals surface area contributed by atoms with Gasteiger partial charge in [0, 0.05) is 25.9 Å². The SMILES string of the molecule is CCC(C)N(CCOC)C(=O)c1ncccc1C#CCN. The minimum absolute atomic E-state index is 0.116.